The van der Waals surface area contributed by atoms with Crippen LogP contribution >= 0.6 is 22.9 Å². The van der Waals surface area contributed by atoms with Crippen molar-refractivity contribution in [3.05, 3.63) is 45.9 Å². The molecule has 1 aromatic heterocycles. The molecule has 5 nitrogen and oxygen atoms in total. The lowest BCUT2D eigenvalue weighted by atomic mass is 9.92. The maximum Gasteiger partial charge on any atom is 0.220 e. The number of piperidine rings is 1. The molecule has 0 saturated carbocycles. The minimum atomic E-state index is 0.136. The number of likely N-dealkylation sites (tertiary alicyclic amines) is 1. The molecule has 2 saturated heterocycles. The molecule has 2 aliphatic rings. The van der Waals surface area contributed by atoms with Crippen LogP contribution in [0.4, 0.5) is 5.13 Å². The largest absolute Gasteiger partial charge is 0.352 e. The Balaban J connectivity index is 1.13. The summed E-state index contributed by atoms with van der Waals surface area (Å²) in [7, 11) is 0. The van der Waals surface area contributed by atoms with Crippen molar-refractivity contribution in [3.63, 3.8) is 0 Å². The molecule has 0 unspecified atom stereocenters. The minimum Gasteiger partial charge on any atom is -0.352 e. The maximum atomic E-state index is 12.2. The first-order valence-electron chi connectivity index (χ1n) is 11.1. The van der Waals surface area contributed by atoms with E-state index in [1.807, 2.05) is 35.6 Å². The smallest absolute Gasteiger partial charge is 0.220 e. The van der Waals surface area contributed by atoms with Crippen molar-refractivity contribution in [2.45, 2.75) is 51.6 Å². The summed E-state index contributed by atoms with van der Waals surface area (Å²) in [6.07, 6.45) is 8.60. The van der Waals surface area contributed by atoms with E-state index < -0.39 is 0 Å². The molecule has 0 spiro atoms. The van der Waals surface area contributed by atoms with Gasteiger partial charge in [0, 0.05) is 48.7 Å². The highest BCUT2D eigenvalue weighted by Gasteiger charge is 2.21. The van der Waals surface area contributed by atoms with Crippen LogP contribution in [0.3, 0.4) is 0 Å². The van der Waals surface area contributed by atoms with Crippen LogP contribution in [0.25, 0.3) is 0 Å². The van der Waals surface area contributed by atoms with Crippen molar-refractivity contribution in [3.8, 4) is 0 Å². The Morgan fingerprint density at radius 3 is 2.77 bits per heavy atom. The monoisotopic (exact) mass is 446 g/mol. The van der Waals surface area contributed by atoms with Crippen LogP contribution in [-0.4, -0.2) is 42.0 Å². The van der Waals surface area contributed by atoms with Gasteiger partial charge in [0.15, 0.2) is 5.13 Å². The van der Waals surface area contributed by atoms with Gasteiger partial charge in [-0.25, -0.2) is 4.98 Å². The van der Waals surface area contributed by atoms with E-state index in [1.165, 1.54) is 35.7 Å². The molecule has 0 atom stereocenters. The van der Waals surface area contributed by atoms with E-state index in [4.69, 9.17) is 11.6 Å². The molecule has 1 amide bonds. The topological polar surface area (TPSA) is 48.5 Å². The Kier molecular flexibility index (Phi) is 7.63. The van der Waals surface area contributed by atoms with Crippen LogP contribution in [-0.2, 0) is 17.9 Å². The first-order chi connectivity index (χ1) is 14.7. The number of thiazole rings is 1. The lowest BCUT2D eigenvalue weighted by Gasteiger charge is -2.31. The molecule has 2 aromatic rings. The Morgan fingerprint density at radius 2 is 2.00 bits per heavy atom. The number of carbonyl (C=O) groups is 1. The van der Waals surface area contributed by atoms with Gasteiger partial charge < -0.3 is 10.2 Å². The number of hydrogen-bond donors (Lipinski definition) is 1. The van der Waals surface area contributed by atoms with E-state index in [1.54, 1.807) is 0 Å². The fourth-order valence-electron chi connectivity index (χ4n) is 4.35. The molecule has 1 N–H and O–H groups in total. The third kappa shape index (κ3) is 6.19. The molecule has 0 radical (unpaired) electrons. The van der Waals surface area contributed by atoms with E-state index >= 15 is 0 Å². The fraction of sp³-hybridized carbons (Fsp3) is 0.565. The summed E-state index contributed by atoms with van der Waals surface area (Å²) in [6.45, 7) is 6.11. The zero-order chi connectivity index (χ0) is 20.8. The van der Waals surface area contributed by atoms with Crippen LogP contribution in [0, 0.1) is 5.92 Å². The molecule has 0 bridgehead atoms. The first kappa shape index (κ1) is 21.6. The van der Waals surface area contributed by atoms with E-state index in [-0.39, 0.29) is 5.91 Å². The molecule has 2 aliphatic heterocycles. The van der Waals surface area contributed by atoms with E-state index in [0.717, 1.165) is 44.7 Å². The SMILES string of the molecule is O=C(CCC1CCN(Cc2cnc(N3CCCC3)s2)CC1)NCc1cccc(Cl)c1. The van der Waals surface area contributed by atoms with Crippen molar-refractivity contribution in [2.24, 2.45) is 5.92 Å². The number of hydrogen-bond acceptors (Lipinski definition) is 5. The Morgan fingerprint density at radius 1 is 1.20 bits per heavy atom. The minimum absolute atomic E-state index is 0.136. The van der Waals surface area contributed by atoms with Crippen molar-refractivity contribution in [1.29, 1.82) is 0 Å². The number of carbonyl (C=O) groups excluding carboxylic acids is 1. The number of benzene rings is 1. The maximum absolute atomic E-state index is 12.2. The second-order valence-electron chi connectivity index (χ2n) is 8.47. The van der Waals surface area contributed by atoms with Crippen LogP contribution in [0.5, 0.6) is 0 Å². The van der Waals surface area contributed by atoms with Gasteiger partial charge in [-0.05, 0) is 68.8 Å². The van der Waals surface area contributed by atoms with E-state index in [0.29, 0.717) is 23.9 Å². The second-order valence-corrected chi connectivity index (χ2v) is 10.00. The van der Waals surface area contributed by atoms with Crippen LogP contribution in [0.15, 0.2) is 30.5 Å². The van der Waals surface area contributed by atoms with Crippen molar-refractivity contribution >= 4 is 34.0 Å². The number of nitrogens with zero attached hydrogens (tertiary/aromatic N) is 3. The molecule has 7 heteroatoms. The highest BCUT2D eigenvalue weighted by Crippen LogP contribution is 2.28. The normalized spacial score (nSPS) is 18.1. The van der Waals surface area contributed by atoms with Gasteiger partial charge in [0.2, 0.25) is 5.91 Å². The predicted octanol–water partition coefficient (Wildman–Crippen LogP) is 4.71. The number of halogens is 1. The van der Waals surface area contributed by atoms with Crippen LogP contribution in [0.2, 0.25) is 5.02 Å². The lowest BCUT2D eigenvalue weighted by molar-refractivity contribution is -0.121. The number of aromatic nitrogens is 1. The molecule has 30 heavy (non-hydrogen) atoms. The quantitative estimate of drug-likeness (QED) is 0.638. The van der Waals surface area contributed by atoms with Gasteiger partial charge in [0.25, 0.3) is 0 Å². The highest BCUT2D eigenvalue weighted by atomic mass is 35.5. The van der Waals surface area contributed by atoms with Gasteiger partial charge in [-0.2, -0.15) is 0 Å². The fourth-order valence-corrected chi connectivity index (χ4v) is 5.57. The molecular weight excluding hydrogens is 416 g/mol. The van der Waals surface area contributed by atoms with Gasteiger partial charge >= 0.3 is 0 Å². The van der Waals surface area contributed by atoms with Crippen LogP contribution in [0.1, 0.15) is 49.0 Å². The van der Waals surface area contributed by atoms with Crippen molar-refractivity contribution < 1.29 is 4.79 Å². The van der Waals surface area contributed by atoms with Crippen molar-refractivity contribution in [1.82, 2.24) is 15.2 Å². The molecule has 0 aliphatic carbocycles. The third-order valence-corrected chi connectivity index (χ3v) is 7.44. The summed E-state index contributed by atoms with van der Waals surface area (Å²) < 4.78 is 0. The summed E-state index contributed by atoms with van der Waals surface area (Å²) >= 11 is 7.85. The van der Waals surface area contributed by atoms with Crippen LogP contribution < -0.4 is 10.2 Å². The summed E-state index contributed by atoms with van der Waals surface area (Å²) in [6, 6.07) is 7.64. The molecule has 1 aromatic carbocycles. The Hall–Kier alpha value is -1.63. The first-order valence-corrected chi connectivity index (χ1v) is 12.3. The van der Waals surface area contributed by atoms with E-state index in [2.05, 4.69) is 26.3 Å². The Bertz CT molecular complexity index is 828. The number of amides is 1. The predicted molar refractivity (Wildman–Crippen MR) is 124 cm³/mol. The van der Waals surface area contributed by atoms with Gasteiger partial charge in [0.05, 0.1) is 0 Å². The highest BCUT2D eigenvalue weighted by molar-refractivity contribution is 7.15. The average Bonchev–Trinajstić information content (AvgIpc) is 3.44. The molecular formula is C23H31ClN4OS. The summed E-state index contributed by atoms with van der Waals surface area (Å²) in [5.74, 6) is 0.788. The number of rotatable bonds is 8. The average molecular weight is 447 g/mol. The lowest BCUT2D eigenvalue weighted by Crippen LogP contribution is -2.33. The second kappa shape index (κ2) is 10.6. The zero-order valence-electron chi connectivity index (χ0n) is 17.5. The van der Waals surface area contributed by atoms with Gasteiger partial charge in [-0.15, -0.1) is 11.3 Å². The third-order valence-electron chi connectivity index (χ3n) is 6.16. The molecule has 4 rings (SSSR count). The number of nitrogens with one attached hydrogen (secondary N) is 1. The summed E-state index contributed by atoms with van der Waals surface area (Å²) in [5.41, 5.74) is 1.04. The zero-order valence-corrected chi connectivity index (χ0v) is 19.1. The van der Waals surface area contributed by atoms with Gasteiger partial charge in [-0.3, -0.25) is 9.69 Å². The van der Waals surface area contributed by atoms with Crippen molar-refractivity contribution in [2.75, 3.05) is 31.1 Å². The Labute approximate surface area is 188 Å². The molecule has 162 valence electrons. The summed E-state index contributed by atoms with van der Waals surface area (Å²) in [4.78, 5) is 23.2. The summed E-state index contributed by atoms with van der Waals surface area (Å²) in [5, 5.41) is 4.92. The van der Waals surface area contributed by atoms with E-state index in [9.17, 15) is 4.79 Å². The van der Waals surface area contributed by atoms with Gasteiger partial charge in [-0.1, -0.05) is 23.7 Å². The van der Waals surface area contributed by atoms with Gasteiger partial charge in [0.1, 0.15) is 0 Å². The standard InChI is InChI=1S/C23H31ClN4OS/c24-20-5-3-4-19(14-20)15-25-22(29)7-6-18-8-12-27(13-9-18)17-21-16-26-23(30-21)28-10-1-2-11-28/h3-5,14,16,18H,1-2,6-13,15,17H2,(H,25,29). The molecule has 3 heterocycles. The molecule has 2 fully saturated rings. The number of anilines is 1.